The molecule has 0 amide bonds. The molecular formula is C13H18N2. The Bertz CT molecular complexity index is 369. The molecule has 1 heterocycles. The Hall–Kier alpha value is -1.02. The second-order valence-electron chi connectivity index (χ2n) is 4.88. The second-order valence-corrected chi connectivity index (χ2v) is 4.88. The minimum absolute atomic E-state index is 0.632. The predicted molar refractivity (Wildman–Crippen MR) is 63.3 cm³/mol. The molecule has 1 atom stereocenters. The van der Waals surface area contributed by atoms with E-state index in [1.54, 1.807) is 0 Å². The average Bonchev–Trinajstić information content (AvgIpc) is 3.02. The van der Waals surface area contributed by atoms with Crippen molar-refractivity contribution in [3.05, 3.63) is 29.3 Å². The van der Waals surface area contributed by atoms with E-state index in [1.165, 1.54) is 36.1 Å². The van der Waals surface area contributed by atoms with E-state index in [0.717, 1.165) is 12.6 Å². The highest BCUT2D eigenvalue weighted by molar-refractivity contribution is 5.55. The molecule has 15 heavy (non-hydrogen) atoms. The van der Waals surface area contributed by atoms with Gasteiger partial charge in [-0.15, -0.1) is 0 Å². The number of nitrogens with one attached hydrogen (secondary N) is 2. The molecule has 2 heteroatoms. The van der Waals surface area contributed by atoms with Crippen molar-refractivity contribution in [3.63, 3.8) is 0 Å². The van der Waals surface area contributed by atoms with Crippen LogP contribution < -0.4 is 10.6 Å². The smallest absolute Gasteiger partial charge is 0.0376 e. The van der Waals surface area contributed by atoms with Crippen molar-refractivity contribution in [1.29, 1.82) is 0 Å². The summed E-state index contributed by atoms with van der Waals surface area (Å²) in [6, 6.07) is 8.16. The molecule has 1 aromatic rings. The molecule has 0 saturated heterocycles. The van der Waals surface area contributed by atoms with Crippen LogP contribution in [0.5, 0.6) is 0 Å². The van der Waals surface area contributed by atoms with Crippen LogP contribution in [-0.2, 0) is 6.42 Å². The zero-order chi connectivity index (χ0) is 10.3. The van der Waals surface area contributed by atoms with Crippen molar-refractivity contribution < 1.29 is 0 Å². The summed E-state index contributed by atoms with van der Waals surface area (Å²) in [5.41, 5.74) is 4.14. The number of hydrogen-bond donors (Lipinski definition) is 2. The summed E-state index contributed by atoms with van der Waals surface area (Å²) in [4.78, 5) is 0. The zero-order valence-corrected chi connectivity index (χ0v) is 9.22. The van der Waals surface area contributed by atoms with Crippen LogP contribution in [-0.4, -0.2) is 18.6 Å². The zero-order valence-electron chi connectivity index (χ0n) is 9.22. The van der Waals surface area contributed by atoms with Crippen molar-refractivity contribution >= 4 is 5.69 Å². The maximum atomic E-state index is 3.69. The standard InChI is InChI=1S/C13H18N2/c1-9-2-3-10-7-12(15-11-4-5-11)8-14-13(10)6-9/h2-3,6,11-12,14-15H,4-5,7-8H2,1H3. The highest BCUT2D eigenvalue weighted by Crippen LogP contribution is 2.25. The van der Waals surface area contributed by atoms with Gasteiger partial charge in [-0.1, -0.05) is 12.1 Å². The predicted octanol–water partition coefficient (Wildman–Crippen LogP) is 2.08. The second kappa shape index (κ2) is 3.53. The van der Waals surface area contributed by atoms with Crippen LogP contribution in [0.4, 0.5) is 5.69 Å². The Morgan fingerprint density at radius 3 is 2.93 bits per heavy atom. The van der Waals surface area contributed by atoms with Crippen molar-refractivity contribution in [2.75, 3.05) is 11.9 Å². The fraction of sp³-hybridized carbons (Fsp3) is 0.538. The molecule has 1 fully saturated rings. The Labute approximate surface area is 91.1 Å². The lowest BCUT2D eigenvalue weighted by Crippen LogP contribution is -2.41. The van der Waals surface area contributed by atoms with Gasteiger partial charge in [-0.25, -0.2) is 0 Å². The molecule has 3 rings (SSSR count). The fourth-order valence-electron chi connectivity index (χ4n) is 2.30. The third-order valence-corrected chi connectivity index (χ3v) is 3.32. The summed E-state index contributed by atoms with van der Waals surface area (Å²) in [5.74, 6) is 0. The maximum absolute atomic E-state index is 3.69. The summed E-state index contributed by atoms with van der Waals surface area (Å²) in [6.07, 6.45) is 3.92. The Kier molecular flexibility index (Phi) is 2.17. The molecule has 1 aliphatic heterocycles. The van der Waals surface area contributed by atoms with Crippen molar-refractivity contribution in [3.8, 4) is 0 Å². The van der Waals surface area contributed by atoms with Crippen molar-refractivity contribution in [2.24, 2.45) is 0 Å². The van der Waals surface area contributed by atoms with E-state index >= 15 is 0 Å². The van der Waals surface area contributed by atoms with Crippen LogP contribution in [0.25, 0.3) is 0 Å². The fourth-order valence-corrected chi connectivity index (χ4v) is 2.30. The number of anilines is 1. The largest absolute Gasteiger partial charge is 0.383 e. The van der Waals surface area contributed by atoms with Crippen molar-refractivity contribution in [1.82, 2.24) is 5.32 Å². The Morgan fingerprint density at radius 2 is 2.13 bits per heavy atom. The summed E-state index contributed by atoms with van der Waals surface area (Å²) < 4.78 is 0. The van der Waals surface area contributed by atoms with Crippen LogP contribution >= 0.6 is 0 Å². The minimum atomic E-state index is 0.632. The maximum Gasteiger partial charge on any atom is 0.0376 e. The highest BCUT2D eigenvalue weighted by Gasteiger charge is 2.26. The number of fused-ring (bicyclic) bond motifs is 1. The molecule has 2 aliphatic rings. The van der Waals surface area contributed by atoms with E-state index < -0.39 is 0 Å². The van der Waals surface area contributed by atoms with Gasteiger partial charge in [0.1, 0.15) is 0 Å². The molecule has 0 bridgehead atoms. The number of hydrogen-bond acceptors (Lipinski definition) is 2. The summed E-state index contributed by atoms with van der Waals surface area (Å²) >= 11 is 0. The summed E-state index contributed by atoms with van der Waals surface area (Å²) in [6.45, 7) is 3.23. The normalized spacial score (nSPS) is 24.5. The summed E-state index contributed by atoms with van der Waals surface area (Å²) in [5, 5.41) is 7.21. The van der Waals surface area contributed by atoms with Gasteiger partial charge < -0.3 is 10.6 Å². The molecule has 1 saturated carbocycles. The third kappa shape index (κ3) is 2.00. The van der Waals surface area contributed by atoms with Gasteiger partial charge in [-0.2, -0.15) is 0 Å². The molecule has 1 unspecified atom stereocenters. The highest BCUT2D eigenvalue weighted by atomic mass is 15.0. The third-order valence-electron chi connectivity index (χ3n) is 3.32. The van der Waals surface area contributed by atoms with E-state index in [0.29, 0.717) is 6.04 Å². The SMILES string of the molecule is Cc1ccc2c(c1)NCC(NC1CC1)C2. The topological polar surface area (TPSA) is 24.1 Å². The first-order valence-corrected chi connectivity index (χ1v) is 5.91. The monoisotopic (exact) mass is 202 g/mol. The lowest BCUT2D eigenvalue weighted by atomic mass is 9.98. The number of aryl methyl sites for hydroxylation is 1. The van der Waals surface area contributed by atoms with E-state index in [4.69, 9.17) is 0 Å². The molecular weight excluding hydrogens is 184 g/mol. The van der Waals surface area contributed by atoms with Crippen LogP contribution in [0.3, 0.4) is 0 Å². The molecule has 1 aromatic carbocycles. The number of benzene rings is 1. The lowest BCUT2D eigenvalue weighted by molar-refractivity contribution is 0.514. The van der Waals surface area contributed by atoms with Crippen LogP contribution in [0.1, 0.15) is 24.0 Å². The first-order chi connectivity index (χ1) is 7.31. The van der Waals surface area contributed by atoms with Crippen LogP contribution in [0.2, 0.25) is 0 Å². The van der Waals surface area contributed by atoms with Gasteiger partial charge in [-0.3, -0.25) is 0 Å². The Morgan fingerprint density at radius 1 is 1.27 bits per heavy atom. The van der Waals surface area contributed by atoms with Gasteiger partial charge >= 0.3 is 0 Å². The first kappa shape index (κ1) is 9.22. The van der Waals surface area contributed by atoms with Gasteiger partial charge in [0.05, 0.1) is 0 Å². The average molecular weight is 202 g/mol. The minimum Gasteiger partial charge on any atom is -0.383 e. The van der Waals surface area contributed by atoms with E-state index in [9.17, 15) is 0 Å². The van der Waals surface area contributed by atoms with Crippen LogP contribution in [0, 0.1) is 6.92 Å². The van der Waals surface area contributed by atoms with Crippen molar-refractivity contribution in [2.45, 2.75) is 38.3 Å². The molecule has 0 radical (unpaired) electrons. The molecule has 80 valence electrons. The first-order valence-electron chi connectivity index (χ1n) is 5.91. The lowest BCUT2D eigenvalue weighted by Gasteiger charge is -2.27. The quantitative estimate of drug-likeness (QED) is 0.767. The van der Waals surface area contributed by atoms with Crippen LogP contribution in [0.15, 0.2) is 18.2 Å². The van der Waals surface area contributed by atoms with E-state index in [1.807, 2.05) is 0 Å². The molecule has 2 nitrogen and oxygen atoms in total. The van der Waals surface area contributed by atoms with Gasteiger partial charge in [0, 0.05) is 24.3 Å². The van der Waals surface area contributed by atoms with E-state index in [2.05, 4.69) is 35.8 Å². The van der Waals surface area contributed by atoms with Gasteiger partial charge in [0.2, 0.25) is 0 Å². The molecule has 0 spiro atoms. The molecule has 2 N–H and O–H groups in total. The molecule has 1 aliphatic carbocycles. The van der Waals surface area contributed by atoms with Gasteiger partial charge in [0.15, 0.2) is 0 Å². The summed E-state index contributed by atoms with van der Waals surface area (Å²) in [7, 11) is 0. The van der Waals surface area contributed by atoms with Gasteiger partial charge in [-0.05, 0) is 43.4 Å². The Balaban J connectivity index is 1.74. The van der Waals surface area contributed by atoms with Gasteiger partial charge in [0.25, 0.3) is 0 Å². The molecule has 0 aromatic heterocycles. The number of rotatable bonds is 2. The van der Waals surface area contributed by atoms with E-state index in [-0.39, 0.29) is 0 Å².